The van der Waals surface area contributed by atoms with Crippen LogP contribution in [-0.2, 0) is 9.59 Å². The average molecular weight is 443 g/mol. The fraction of sp³-hybridized carbons (Fsp3) is 0.444. The molecule has 0 saturated carbocycles. The maximum atomic E-state index is 12.5. The number of fused-ring (bicyclic) bond motifs is 2. The number of carboxylic acid groups (broad SMARTS) is 1. The molecule has 2 aromatic heterocycles. The zero-order valence-electron chi connectivity index (χ0n) is 16.6. The summed E-state index contributed by atoms with van der Waals surface area (Å²) in [5, 5.41) is 22.5. The first-order valence-corrected chi connectivity index (χ1v) is 10.8. The van der Waals surface area contributed by atoms with Crippen LogP contribution in [0.15, 0.2) is 16.9 Å². The van der Waals surface area contributed by atoms with Crippen molar-refractivity contribution in [2.24, 2.45) is 11.8 Å². The van der Waals surface area contributed by atoms with E-state index in [0.29, 0.717) is 15.5 Å². The number of thioether (sulfide) groups is 1. The fourth-order valence-electron chi connectivity index (χ4n) is 4.25. The normalized spacial score (nSPS) is 24.4. The molecule has 29 heavy (non-hydrogen) atoms. The Labute approximate surface area is 197 Å². The summed E-state index contributed by atoms with van der Waals surface area (Å²) in [6, 6.07) is -0.415. The van der Waals surface area contributed by atoms with Crippen LogP contribution in [0.4, 0.5) is 0 Å². The van der Waals surface area contributed by atoms with Crippen molar-refractivity contribution < 1.29 is 54.2 Å². The second kappa shape index (κ2) is 7.82. The Morgan fingerprint density at radius 3 is 2.59 bits per heavy atom. The van der Waals surface area contributed by atoms with Crippen molar-refractivity contribution >= 4 is 51.2 Å². The van der Waals surface area contributed by atoms with Crippen molar-refractivity contribution in [1.82, 2.24) is 14.3 Å². The van der Waals surface area contributed by atoms with Crippen LogP contribution in [0, 0.1) is 11.8 Å². The Morgan fingerprint density at radius 2 is 2.07 bits per heavy atom. The molecule has 0 aromatic carbocycles. The molecule has 8 nitrogen and oxygen atoms in total. The van der Waals surface area contributed by atoms with Gasteiger partial charge in [-0.05, 0) is 13.2 Å². The molecule has 0 unspecified atom stereocenters. The fourth-order valence-corrected chi connectivity index (χ4v) is 6.20. The van der Waals surface area contributed by atoms with Crippen LogP contribution < -0.4 is 34.7 Å². The number of nitrogens with zero attached hydrogens (tertiary/aromatic N) is 3. The third-order valence-electron chi connectivity index (χ3n) is 5.43. The van der Waals surface area contributed by atoms with Crippen molar-refractivity contribution in [3.8, 4) is 0 Å². The molecule has 1 fully saturated rings. The second-order valence-corrected chi connectivity index (χ2v) is 8.90. The van der Waals surface area contributed by atoms with Gasteiger partial charge in [-0.2, -0.15) is 0 Å². The van der Waals surface area contributed by atoms with Crippen LogP contribution in [0.25, 0.3) is 10.4 Å². The molecule has 0 radical (unpaired) electrons. The Morgan fingerprint density at radius 1 is 1.41 bits per heavy atom. The van der Waals surface area contributed by atoms with Gasteiger partial charge in [0, 0.05) is 24.6 Å². The van der Waals surface area contributed by atoms with Crippen LogP contribution in [0.2, 0.25) is 0 Å². The van der Waals surface area contributed by atoms with E-state index < -0.39 is 29.9 Å². The predicted molar refractivity (Wildman–Crippen MR) is 102 cm³/mol. The first-order valence-electron chi connectivity index (χ1n) is 8.72. The number of ketones is 1. The molecule has 1 N–H and O–H groups in total. The molecule has 2 aromatic rings. The van der Waals surface area contributed by atoms with Gasteiger partial charge < -0.3 is 19.9 Å². The molecule has 148 valence electrons. The van der Waals surface area contributed by atoms with Gasteiger partial charge in [0.25, 0.3) is 0 Å². The number of aliphatic carboxylic acids is 1. The van der Waals surface area contributed by atoms with Gasteiger partial charge >= 0.3 is 29.6 Å². The van der Waals surface area contributed by atoms with E-state index in [9.17, 15) is 24.6 Å². The van der Waals surface area contributed by atoms with E-state index in [2.05, 4.69) is 4.98 Å². The predicted octanol–water partition coefficient (Wildman–Crippen LogP) is -2.36. The standard InChI is InChI=1S/C18H19N3O5S2.Na/c1-6-10(13(18(25)26)21-12(6)11(7(2)22)16(21)24)9-5-20-14(8(3)23)19-15(27-4)17(20)28-9;/h5-7,11-12,22H,1-4H3,(H,25,26);/q;+1/p-1/t6-,7+,11+,12+;/m0./s1. The number of carbonyl (C=O) groups excluding carboxylic acids is 3. The monoisotopic (exact) mass is 443 g/mol. The third kappa shape index (κ3) is 3.12. The first-order chi connectivity index (χ1) is 13.2. The Bertz CT molecular complexity index is 1070. The zero-order chi connectivity index (χ0) is 20.5. The van der Waals surface area contributed by atoms with E-state index in [1.165, 1.54) is 41.8 Å². The van der Waals surface area contributed by atoms with Crippen LogP contribution >= 0.6 is 23.1 Å². The summed E-state index contributed by atoms with van der Waals surface area (Å²) in [6.07, 6.45) is 2.69. The van der Waals surface area contributed by atoms with Crippen LogP contribution in [0.1, 0.15) is 36.3 Å². The minimum absolute atomic E-state index is 0. The van der Waals surface area contributed by atoms with Crippen LogP contribution in [-0.4, -0.2) is 55.5 Å². The maximum absolute atomic E-state index is 12.5. The average Bonchev–Trinajstić information content (AvgIpc) is 3.22. The summed E-state index contributed by atoms with van der Waals surface area (Å²) in [7, 11) is 0. The van der Waals surface area contributed by atoms with E-state index in [-0.39, 0.29) is 52.8 Å². The van der Waals surface area contributed by atoms with E-state index in [1.54, 1.807) is 10.6 Å². The Balaban J connectivity index is 0.00000240. The van der Waals surface area contributed by atoms with Gasteiger partial charge in [-0.1, -0.05) is 6.92 Å². The summed E-state index contributed by atoms with van der Waals surface area (Å²) >= 11 is 2.73. The molecule has 0 spiro atoms. The summed E-state index contributed by atoms with van der Waals surface area (Å²) in [5.41, 5.74) is 0.351. The minimum Gasteiger partial charge on any atom is -0.543 e. The van der Waals surface area contributed by atoms with Gasteiger partial charge in [-0.25, -0.2) is 4.98 Å². The van der Waals surface area contributed by atoms with Gasteiger partial charge in [0.15, 0.2) is 11.6 Å². The third-order valence-corrected chi connectivity index (χ3v) is 7.36. The van der Waals surface area contributed by atoms with Crippen molar-refractivity contribution in [3.63, 3.8) is 0 Å². The number of aromatic nitrogens is 2. The molecule has 2 aliphatic rings. The topological polar surface area (TPSA) is 115 Å². The van der Waals surface area contributed by atoms with Crippen molar-refractivity contribution in [3.05, 3.63) is 22.6 Å². The van der Waals surface area contributed by atoms with Crippen molar-refractivity contribution in [1.29, 1.82) is 0 Å². The summed E-state index contributed by atoms with van der Waals surface area (Å²) in [4.78, 5) is 43.3. The molecular formula is C18H18N3NaO5S2. The maximum Gasteiger partial charge on any atom is 1.00 e. The van der Waals surface area contributed by atoms with Crippen molar-refractivity contribution in [2.75, 3.05) is 6.26 Å². The number of aliphatic hydroxyl groups is 1. The van der Waals surface area contributed by atoms with E-state index in [4.69, 9.17) is 0 Å². The van der Waals surface area contributed by atoms with Crippen LogP contribution in [0.3, 0.4) is 0 Å². The SMILES string of the molecule is CSc1nc(C(C)=O)n2cc(C3=C(C(=O)[O-])N4C(=O)[C@H]([C@@H](C)O)[C@H]4[C@H]3C)sc12.[Na+]. The number of imidazole rings is 1. The second-order valence-electron chi connectivity index (χ2n) is 7.08. The minimum atomic E-state index is -1.42. The largest absolute Gasteiger partial charge is 1.00 e. The number of carbonyl (C=O) groups is 3. The van der Waals surface area contributed by atoms with Gasteiger partial charge in [-0.3, -0.25) is 14.0 Å². The number of thiazole rings is 1. The smallest absolute Gasteiger partial charge is 0.543 e. The molecule has 0 bridgehead atoms. The number of carboxylic acids is 1. The van der Waals surface area contributed by atoms with Crippen molar-refractivity contribution in [2.45, 2.75) is 37.9 Å². The zero-order valence-corrected chi connectivity index (χ0v) is 20.3. The van der Waals surface area contributed by atoms with E-state index in [1.807, 2.05) is 13.2 Å². The van der Waals surface area contributed by atoms with Gasteiger partial charge in [-0.15, -0.1) is 23.1 Å². The molecule has 11 heteroatoms. The Kier molecular flexibility index (Phi) is 6.07. The van der Waals surface area contributed by atoms with E-state index >= 15 is 0 Å². The van der Waals surface area contributed by atoms with Gasteiger partial charge in [0.05, 0.1) is 34.6 Å². The Hall–Kier alpha value is -1.17. The number of aliphatic hydroxyl groups excluding tert-OH is 1. The number of amides is 1. The van der Waals surface area contributed by atoms with E-state index in [0.717, 1.165) is 4.83 Å². The summed E-state index contributed by atoms with van der Waals surface area (Å²) in [6.45, 7) is 4.81. The number of Topliss-reactive ketones (excluding diaryl/α,β-unsaturated/α-hetero) is 1. The summed E-state index contributed by atoms with van der Waals surface area (Å²) < 4.78 is 1.67. The van der Waals surface area contributed by atoms with Crippen LogP contribution in [0.5, 0.6) is 0 Å². The number of hydrogen-bond acceptors (Lipinski definition) is 8. The van der Waals surface area contributed by atoms with Gasteiger partial charge in [0.2, 0.25) is 5.91 Å². The first kappa shape index (κ1) is 22.5. The summed E-state index contributed by atoms with van der Waals surface area (Å²) in [5.74, 6) is -2.66. The molecule has 0 aliphatic carbocycles. The molecular weight excluding hydrogens is 425 g/mol. The molecule has 1 saturated heterocycles. The number of β-lactam (4-membered cyclic amide) rings is 1. The molecule has 4 rings (SSSR count). The molecule has 4 heterocycles. The number of rotatable bonds is 5. The van der Waals surface area contributed by atoms with Gasteiger partial charge in [0.1, 0.15) is 9.86 Å². The molecule has 1 amide bonds. The number of hydrogen-bond donors (Lipinski definition) is 1. The molecule has 2 aliphatic heterocycles. The quantitative estimate of drug-likeness (QED) is 0.238. The molecule has 4 atom stereocenters.